The Kier molecular flexibility index (Phi) is 3.75. The largest absolute Gasteiger partial charge is 0.490 e. The van der Waals surface area contributed by atoms with Crippen molar-refractivity contribution in [1.82, 2.24) is 5.32 Å². The predicted molar refractivity (Wildman–Crippen MR) is 57.9 cm³/mol. The molecule has 0 atom stereocenters. The van der Waals surface area contributed by atoms with Gasteiger partial charge in [-0.3, -0.25) is 0 Å². The van der Waals surface area contributed by atoms with Crippen molar-refractivity contribution in [2.24, 2.45) is 0 Å². The van der Waals surface area contributed by atoms with Gasteiger partial charge in [-0.1, -0.05) is 0 Å². The quantitative estimate of drug-likeness (QED) is 0.828. The summed E-state index contributed by atoms with van der Waals surface area (Å²) >= 11 is 0. The van der Waals surface area contributed by atoms with Gasteiger partial charge in [-0.15, -0.1) is 0 Å². The lowest BCUT2D eigenvalue weighted by Crippen LogP contribution is -2.34. The standard InChI is InChI=1S/C12H13F4NO/c13-8-1-2-11(10(7-8)12(14,15)16)18-9-3-5-17-6-4-9/h1-2,7,9,17H,3-6H2. The third kappa shape index (κ3) is 3.13. The number of nitrogens with one attached hydrogen (secondary N) is 1. The van der Waals surface area contributed by atoms with Crippen molar-refractivity contribution in [1.29, 1.82) is 0 Å². The zero-order chi connectivity index (χ0) is 13.2. The molecule has 18 heavy (non-hydrogen) atoms. The van der Waals surface area contributed by atoms with Crippen molar-refractivity contribution in [3.8, 4) is 5.75 Å². The number of alkyl halides is 3. The second-order valence-electron chi connectivity index (χ2n) is 4.21. The average molecular weight is 263 g/mol. The fourth-order valence-corrected chi connectivity index (χ4v) is 1.92. The highest BCUT2D eigenvalue weighted by atomic mass is 19.4. The van der Waals surface area contributed by atoms with Crippen LogP contribution in [0.1, 0.15) is 18.4 Å². The Balaban J connectivity index is 2.21. The fourth-order valence-electron chi connectivity index (χ4n) is 1.92. The minimum absolute atomic E-state index is 0.252. The molecule has 1 aromatic rings. The van der Waals surface area contributed by atoms with Gasteiger partial charge < -0.3 is 10.1 Å². The molecule has 0 aliphatic carbocycles. The maximum absolute atomic E-state index is 12.9. The molecule has 1 aliphatic heterocycles. The summed E-state index contributed by atoms with van der Waals surface area (Å²) in [4.78, 5) is 0. The molecule has 2 rings (SSSR count). The number of hydrogen-bond donors (Lipinski definition) is 1. The van der Waals surface area contributed by atoms with Gasteiger partial charge in [-0.25, -0.2) is 4.39 Å². The Morgan fingerprint density at radius 3 is 2.44 bits per heavy atom. The van der Waals surface area contributed by atoms with Gasteiger partial charge in [0.1, 0.15) is 23.2 Å². The second kappa shape index (κ2) is 5.14. The SMILES string of the molecule is Fc1ccc(OC2CCNCC2)c(C(F)(F)F)c1. The number of benzene rings is 1. The number of piperidine rings is 1. The molecule has 2 nitrogen and oxygen atoms in total. The van der Waals surface area contributed by atoms with E-state index in [9.17, 15) is 17.6 Å². The highest BCUT2D eigenvalue weighted by Gasteiger charge is 2.35. The first-order valence-corrected chi connectivity index (χ1v) is 5.71. The molecule has 1 saturated heterocycles. The van der Waals surface area contributed by atoms with Crippen molar-refractivity contribution in [3.63, 3.8) is 0 Å². The molecule has 1 aromatic carbocycles. The highest BCUT2D eigenvalue weighted by molar-refractivity contribution is 5.36. The highest BCUT2D eigenvalue weighted by Crippen LogP contribution is 2.37. The summed E-state index contributed by atoms with van der Waals surface area (Å²) in [6.45, 7) is 1.43. The molecule has 100 valence electrons. The van der Waals surface area contributed by atoms with Gasteiger partial charge in [0, 0.05) is 0 Å². The zero-order valence-corrected chi connectivity index (χ0v) is 9.56. The first-order valence-electron chi connectivity index (χ1n) is 5.71. The molecule has 0 radical (unpaired) electrons. The molecular formula is C12H13F4NO. The van der Waals surface area contributed by atoms with Crippen molar-refractivity contribution < 1.29 is 22.3 Å². The maximum atomic E-state index is 12.9. The molecule has 1 fully saturated rings. The summed E-state index contributed by atoms with van der Waals surface area (Å²) in [5.74, 6) is -1.21. The van der Waals surface area contributed by atoms with Crippen LogP contribution in [-0.2, 0) is 6.18 Å². The van der Waals surface area contributed by atoms with Crippen LogP contribution in [0, 0.1) is 5.82 Å². The van der Waals surface area contributed by atoms with Crippen LogP contribution >= 0.6 is 0 Å². The first kappa shape index (κ1) is 13.1. The van der Waals surface area contributed by atoms with Gasteiger partial charge in [0.15, 0.2) is 0 Å². The maximum Gasteiger partial charge on any atom is 0.420 e. The minimum Gasteiger partial charge on any atom is -0.490 e. The summed E-state index contributed by atoms with van der Waals surface area (Å²) in [5, 5.41) is 3.09. The number of rotatable bonds is 2. The van der Waals surface area contributed by atoms with E-state index in [0.29, 0.717) is 32.0 Å². The number of halogens is 4. The summed E-state index contributed by atoms with van der Waals surface area (Å²) in [5.41, 5.74) is -1.05. The monoisotopic (exact) mass is 263 g/mol. The van der Waals surface area contributed by atoms with E-state index >= 15 is 0 Å². The minimum atomic E-state index is -4.61. The molecule has 1 N–H and O–H groups in total. The number of ether oxygens (including phenoxy) is 1. The van der Waals surface area contributed by atoms with Crippen LogP contribution in [0.2, 0.25) is 0 Å². The second-order valence-corrected chi connectivity index (χ2v) is 4.21. The Hall–Kier alpha value is -1.30. The van der Waals surface area contributed by atoms with E-state index in [-0.39, 0.29) is 11.9 Å². The van der Waals surface area contributed by atoms with Gasteiger partial charge in [0.05, 0.1) is 0 Å². The smallest absolute Gasteiger partial charge is 0.420 e. The number of hydrogen-bond acceptors (Lipinski definition) is 2. The van der Waals surface area contributed by atoms with Crippen LogP contribution in [0.3, 0.4) is 0 Å². The third-order valence-corrected chi connectivity index (χ3v) is 2.83. The Labute approximate surface area is 102 Å². The van der Waals surface area contributed by atoms with E-state index in [1.807, 2.05) is 0 Å². The van der Waals surface area contributed by atoms with E-state index < -0.39 is 17.6 Å². The lowest BCUT2D eigenvalue weighted by atomic mass is 10.1. The van der Waals surface area contributed by atoms with E-state index in [0.717, 1.165) is 12.1 Å². The Bertz CT molecular complexity index is 413. The molecule has 1 aliphatic rings. The van der Waals surface area contributed by atoms with Crippen LogP contribution in [0.15, 0.2) is 18.2 Å². The van der Waals surface area contributed by atoms with Crippen LogP contribution < -0.4 is 10.1 Å². The molecule has 1 heterocycles. The summed E-state index contributed by atoms with van der Waals surface area (Å²) in [7, 11) is 0. The third-order valence-electron chi connectivity index (χ3n) is 2.83. The van der Waals surface area contributed by atoms with E-state index in [1.165, 1.54) is 0 Å². The van der Waals surface area contributed by atoms with Gasteiger partial charge in [0.2, 0.25) is 0 Å². The molecular weight excluding hydrogens is 250 g/mol. The van der Waals surface area contributed by atoms with Crippen molar-refractivity contribution >= 4 is 0 Å². The van der Waals surface area contributed by atoms with E-state index in [1.54, 1.807) is 0 Å². The lowest BCUT2D eigenvalue weighted by Gasteiger charge is -2.25. The normalized spacial score (nSPS) is 17.8. The van der Waals surface area contributed by atoms with Crippen molar-refractivity contribution in [2.75, 3.05) is 13.1 Å². The summed E-state index contributed by atoms with van der Waals surface area (Å²) in [6.07, 6.45) is -3.56. The average Bonchev–Trinajstić information content (AvgIpc) is 2.31. The van der Waals surface area contributed by atoms with Crippen LogP contribution in [0.4, 0.5) is 17.6 Å². The van der Waals surface area contributed by atoms with Gasteiger partial charge in [-0.2, -0.15) is 13.2 Å². The molecule has 0 aromatic heterocycles. The molecule has 6 heteroatoms. The summed E-state index contributed by atoms with van der Waals surface area (Å²) < 4.78 is 56.4. The van der Waals surface area contributed by atoms with Crippen LogP contribution in [0.5, 0.6) is 5.75 Å². The Morgan fingerprint density at radius 2 is 1.83 bits per heavy atom. The van der Waals surface area contributed by atoms with Crippen LogP contribution in [0.25, 0.3) is 0 Å². The van der Waals surface area contributed by atoms with Crippen molar-refractivity contribution in [2.45, 2.75) is 25.1 Å². The first-order chi connectivity index (χ1) is 8.47. The fraction of sp³-hybridized carbons (Fsp3) is 0.500. The van der Waals surface area contributed by atoms with Gasteiger partial charge in [0.25, 0.3) is 0 Å². The molecule has 0 amide bonds. The van der Waals surface area contributed by atoms with Gasteiger partial charge in [-0.05, 0) is 44.1 Å². The summed E-state index contributed by atoms with van der Waals surface area (Å²) in [6, 6.07) is 2.49. The van der Waals surface area contributed by atoms with Crippen LogP contribution in [-0.4, -0.2) is 19.2 Å². The van der Waals surface area contributed by atoms with Crippen molar-refractivity contribution in [3.05, 3.63) is 29.6 Å². The molecule has 0 saturated carbocycles. The zero-order valence-electron chi connectivity index (χ0n) is 9.56. The Morgan fingerprint density at radius 1 is 1.17 bits per heavy atom. The molecule has 0 bridgehead atoms. The predicted octanol–water partition coefficient (Wildman–Crippen LogP) is 2.98. The van der Waals surface area contributed by atoms with E-state index in [4.69, 9.17) is 4.74 Å². The van der Waals surface area contributed by atoms with E-state index in [2.05, 4.69) is 5.32 Å². The lowest BCUT2D eigenvalue weighted by molar-refractivity contribution is -0.139. The van der Waals surface area contributed by atoms with Gasteiger partial charge >= 0.3 is 6.18 Å². The topological polar surface area (TPSA) is 21.3 Å². The molecule has 0 spiro atoms. The molecule has 0 unspecified atom stereocenters.